The fraction of sp³-hybridized carbons (Fsp3) is 0.368. The van der Waals surface area contributed by atoms with Gasteiger partial charge < -0.3 is 15.3 Å². The van der Waals surface area contributed by atoms with Crippen LogP contribution in [0.15, 0.2) is 42.5 Å². The molecule has 2 aromatic rings. The Morgan fingerprint density at radius 2 is 2.00 bits per heavy atom. The maximum Gasteiger partial charge on any atom is 0.171 e. The zero-order valence-corrected chi connectivity index (χ0v) is 13.6. The highest BCUT2D eigenvalue weighted by Gasteiger charge is 2.17. The molecule has 0 aromatic heterocycles. The third kappa shape index (κ3) is 3.72. The summed E-state index contributed by atoms with van der Waals surface area (Å²) in [6.07, 6.45) is -0.573. The van der Waals surface area contributed by atoms with Gasteiger partial charge in [-0.25, -0.2) is 0 Å². The number of aliphatic hydroxyl groups excluding tert-OH is 1. The molecule has 0 saturated carbocycles. The lowest BCUT2D eigenvalue weighted by Crippen LogP contribution is -2.21. The maximum absolute atomic E-state index is 10.3. The van der Waals surface area contributed by atoms with Gasteiger partial charge in [-0.2, -0.15) is 4.89 Å². The van der Waals surface area contributed by atoms with Gasteiger partial charge in [-0.3, -0.25) is 0 Å². The second kappa shape index (κ2) is 7.13. The summed E-state index contributed by atoms with van der Waals surface area (Å²) in [5.41, 5.74) is 4.47. The molecule has 2 N–H and O–H groups in total. The normalized spacial score (nSPS) is 14.6. The van der Waals surface area contributed by atoms with E-state index in [-0.39, 0.29) is 0 Å². The van der Waals surface area contributed by atoms with E-state index in [0.29, 0.717) is 24.8 Å². The molecule has 0 amide bonds. The molecule has 4 heteroatoms. The van der Waals surface area contributed by atoms with Crippen molar-refractivity contribution in [2.24, 2.45) is 0 Å². The summed E-state index contributed by atoms with van der Waals surface area (Å²) < 4.78 is 0. The van der Waals surface area contributed by atoms with Crippen LogP contribution in [0.25, 0.3) is 0 Å². The average Bonchev–Trinajstić information content (AvgIpc) is 3.02. The van der Waals surface area contributed by atoms with E-state index < -0.39 is 6.10 Å². The fourth-order valence-electron chi connectivity index (χ4n) is 2.85. The van der Waals surface area contributed by atoms with Crippen molar-refractivity contribution in [3.05, 3.63) is 64.7 Å². The molecular formula is C19H23NO3. The molecule has 1 aliphatic heterocycles. The second-order valence-electron chi connectivity index (χ2n) is 6.21. The maximum atomic E-state index is 10.3. The number of hydrogen-bond acceptors (Lipinski definition) is 4. The minimum atomic E-state index is -0.573. The highest BCUT2D eigenvalue weighted by atomic mass is 17.2. The van der Waals surface area contributed by atoms with Gasteiger partial charge in [0.2, 0.25) is 0 Å². The summed E-state index contributed by atoms with van der Waals surface area (Å²) in [6.45, 7) is 6.10. The molecule has 122 valence electrons. The molecule has 0 spiro atoms. The molecule has 0 saturated heterocycles. The molecule has 0 bridgehead atoms. The van der Waals surface area contributed by atoms with E-state index in [1.165, 1.54) is 11.1 Å². The van der Waals surface area contributed by atoms with Crippen molar-refractivity contribution in [2.75, 3.05) is 6.54 Å². The van der Waals surface area contributed by atoms with Crippen molar-refractivity contribution in [3.8, 4) is 5.75 Å². The lowest BCUT2D eigenvalue weighted by atomic mass is 9.97. The standard InChI is InChI=1S/C19H23NO3/c1-13(2)17-6-4-3-5-15(17)10-20-11-18(21)14-7-8-16-12-22-23-19(16)9-14/h3-9,13,18,20-21H,10-12H2,1-2H3. The summed E-state index contributed by atoms with van der Waals surface area (Å²) >= 11 is 0. The molecule has 1 heterocycles. The number of aliphatic hydroxyl groups is 1. The number of rotatable bonds is 6. The minimum Gasteiger partial charge on any atom is -0.387 e. The fourth-order valence-corrected chi connectivity index (χ4v) is 2.85. The van der Waals surface area contributed by atoms with E-state index in [0.717, 1.165) is 17.7 Å². The van der Waals surface area contributed by atoms with Crippen molar-refractivity contribution >= 4 is 0 Å². The summed E-state index contributed by atoms with van der Waals surface area (Å²) in [5.74, 6) is 1.19. The van der Waals surface area contributed by atoms with Gasteiger partial charge in [-0.1, -0.05) is 50.2 Å². The number of benzene rings is 2. The van der Waals surface area contributed by atoms with Gasteiger partial charge in [0.15, 0.2) is 5.75 Å². The van der Waals surface area contributed by atoms with Crippen LogP contribution in [0.3, 0.4) is 0 Å². The van der Waals surface area contributed by atoms with Crippen LogP contribution in [0.2, 0.25) is 0 Å². The molecule has 0 fully saturated rings. The molecular weight excluding hydrogens is 290 g/mol. The van der Waals surface area contributed by atoms with E-state index in [2.05, 4.69) is 43.4 Å². The minimum absolute atomic E-state index is 0.468. The highest BCUT2D eigenvalue weighted by Crippen LogP contribution is 2.29. The molecule has 3 rings (SSSR count). The third-order valence-electron chi connectivity index (χ3n) is 4.17. The van der Waals surface area contributed by atoms with Gasteiger partial charge in [-0.05, 0) is 28.7 Å². The zero-order valence-electron chi connectivity index (χ0n) is 13.6. The van der Waals surface area contributed by atoms with Crippen molar-refractivity contribution in [1.82, 2.24) is 5.32 Å². The van der Waals surface area contributed by atoms with E-state index in [9.17, 15) is 5.11 Å². The van der Waals surface area contributed by atoms with Gasteiger partial charge in [0, 0.05) is 18.7 Å². The quantitative estimate of drug-likeness (QED) is 0.802. The first-order chi connectivity index (χ1) is 11.1. The van der Waals surface area contributed by atoms with Crippen molar-refractivity contribution in [3.63, 3.8) is 0 Å². The van der Waals surface area contributed by atoms with Gasteiger partial charge >= 0.3 is 0 Å². The topological polar surface area (TPSA) is 50.7 Å². The zero-order chi connectivity index (χ0) is 16.2. The van der Waals surface area contributed by atoms with Crippen LogP contribution in [0.5, 0.6) is 5.75 Å². The Bertz CT molecular complexity index is 669. The summed E-state index contributed by atoms with van der Waals surface area (Å²) in [6, 6.07) is 14.1. The number of fused-ring (bicyclic) bond motifs is 1. The SMILES string of the molecule is CC(C)c1ccccc1CNCC(O)c1ccc2c(c1)OOC2. The predicted octanol–water partition coefficient (Wildman–Crippen LogP) is 3.46. The van der Waals surface area contributed by atoms with Gasteiger partial charge in [0.1, 0.15) is 6.61 Å². The van der Waals surface area contributed by atoms with Gasteiger partial charge in [-0.15, -0.1) is 0 Å². The molecule has 1 unspecified atom stereocenters. The van der Waals surface area contributed by atoms with Crippen LogP contribution in [0.1, 0.15) is 48.1 Å². The Hall–Kier alpha value is -1.88. The van der Waals surface area contributed by atoms with Crippen molar-refractivity contribution < 1.29 is 14.9 Å². The summed E-state index contributed by atoms with van der Waals surface area (Å²) in [5, 5.41) is 13.7. The van der Waals surface area contributed by atoms with E-state index >= 15 is 0 Å². The Morgan fingerprint density at radius 1 is 1.17 bits per heavy atom. The van der Waals surface area contributed by atoms with Gasteiger partial charge in [0.05, 0.1) is 6.10 Å². The second-order valence-corrected chi connectivity index (χ2v) is 6.21. The Morgan fingerprint density at radius 3 is 2.83 bits per heavy atom. The molecule has 1 atom stereocenters. The van der Waals surface area contributed by atoms with Crippen LogP contribution in [-0.2, 0) is 18.0 Å². The Balaban J connectivity index is 1.58. The summed E-state index contributed by atoms with van der Waals surface area (Å²) in [4.78, 5) is 10.0. The first-order valence-corrected chi connectivity index (χ1v) is 8.04. The van der Waals surface area contributed by atoms with Crippen LogP contribution >= 0.6 is 0 Å². The van der Waals surface area contributed by atoms with Gasteiger partial charge in [0.25, 0.3) is 0 Å². The number of nitrogens with one attached hydrogen (secondary N) is 1. The lowest BCUT2D eigenvalue weighted by Gasteiger charge is -2.16. The predicted molar refractivity (Wildman–Crippen MR) is 89.1 cm³/mol. The number of hydrogen-bond donors (Lipinski definition) is 2. The first kappa shape index (κ1) is 16.0. The lowest BCUT2D eigenvalue weighted by molar-refractivity contribution is -0.194. The molecule has 2 aromatic carbocycles. The smallest absolute Gasteiger partial charge is 0.171 e. The van der Waals surface area contributed by atoms with Crippen LogP contribution in [0.4, 0.5) is 0 Å². The average molecular weight is 313 g/mol. The molecule has 0 radical (unpaired) electrons. The van der Waals surface area contributed by atoms with Crippen LogP contribution < -0.4 is 10.2 Å². The third-order valence-corrected chi connectivity index (χ3v) is 4.17. The summed E-state index contributed by atoms with van der Waals surface area (Å²) in [7, 11) is 0. The van der Waals surface area contributed by atoms with E-state index in [1.807, 2.05) is 18.2 Å². The van der Waals surface area contributed by atoms with E-state index in [4.69, 9.17) is 9.78 Å². The monoisotopic (exact) mass is 313 g/mol. The Kier molecular flexibility index (Phi) is 4.96. The van der Waals surface area contributed by atoms with E-state index in [1.54, 1.807) is 0 Å². The first-order valence-electron chi connectivity index (χ1n) is 8.04. The van der Waals surface area contributed by atoms with Crippen LogP contribution in [-0.4, -0.2) is 11.7 Å². The molecule has 23 heavy (non-hydrogen) atoms. The largest absolute Gasteiger partial charge is 0.387 e. The van der Waals surface area contributed by atoms with Crippen molar-refractivity contribution in [1.29, 1.82) is 0 Å². The molecule has 0 aliphatic carbocycles. The Labute approximate surface area is 137 Å². The van der Waals surface area contributed by atoms with Crippen LogP contribution in [0, 0.1) is 0 Å². The highest BCUT2D eigenvalue weighted by molar-refractivity contribution is 5.39. The van der Waals surface area contributed by atoms with Crippen molar-refractivity contribution in [2.45, 2.75) is 39.0 Å². The molecule has 1 aliphatic rings. The molecule has 4 nitrogen and oxygen atoms in total.